The van der Waals surface area contributed by atoms with E-state index in [1.165, 1.54) is 12.1 Å². The zero-order chi connectivity index (χ0) is 13.4. The molecule has 92 valence electrons. The van der Waals surface area contributed by atoms with E-state index in [9.17, 15) is 14.4 Å². The van der Waals surface area contributed by atoms with Crippen molar-refractivity contribution in [2.45, 2.75) is 13.8 Å². The largest absolute Gasteiger partial charge is 0.478 e. The van der Waals surface area contributed by atoms with Crippen LogP contribution in [0.15, 0.2) is 29.5 Å². The van der Waals surface area contributed by atoms with Crippen molar-refractivity contribution in [2.75, 3.05) is 4.90 Å². The molecule has 6 heteroatoms. The van der Waals surface area contributed by atoms with Crippen LogP contribution >= 0.6 is 0 Å². The molecule has 1 aromatic heterocycles. The lowest BCUT2D eigenvalue weighted by atomic mass is 10.2. The number of aromatic nitrogens is 1. The first-order chi connectivity index (χ1) is 8.43. The molecule has 0 fully saturated rings. The molecule has 6 nitrogen and oxygen atoms in total. The number of amides is 2. The fourth-order valence-electron chi connectivity index (χ4n) is 1.60. The summed E-state index contributed by atoms with van der Waals surface area (Å²) in [5, 5.41) is 8.73. The molecule has 1 N–H and O–H groups in total. The maximum atomic E-state index is 11.8. The van der Waals surface area contributed by atoms with E-state index in [1.807, 2.05) is 0 Å². The maximum absolute atomic E-state index is 11.8. The molecule has 0 atom stereocenters. The van der Waals surface area contributed by atoms with Crippen molar-refractivity contribution in [3.8, 4) is 0 Å². The Kier molecular flexibility index (Phi) is 2.70. The third kappa shape index (κ3) is 1.67. The van der Waals surface area contributed by atoms with E-state index in [2.05, 4.69) is 4.98 Å². The number of pyridine rings is 1. The molecule has 1 aliphatic rings. The molecule has 2 amide bonds. The van der Waals surface area contributed by atoms with Crippen LogP contribution in [0.4, 0.5) is 5.82 Å². The number of carboxylic acid groups (broad SMARTS) is 1. The summed E-state index contributed by atoms with van der Waals surface area (Å²) in [6.07, 6.45) is 1.11. The number of aromatic carboxylic acids is 1. The van der Waals surface area contributed by atoms with E-state index >= 15 is 0 Å². The van der Waals surface area contributed by atoms with Gasteiger partial charge in [0.1, 0.15) is 5.82 Å². The molecule has 0 spiro atoms. The summed E-state index contributed by atoms with van der Waals surface area (Å²) in [4.78, 5) is 39.1. The van der Waals surface area contributed by atoms with Crippen LogP contribution in [-0.4, -0.2) is 27.9 Å². The molecule has 0 aliphatic carbocycles. The summed E-state index contributed by atoms with van der Waals surface area (Å²) in [6.45, 7) is 3.14. The van der Waals surface area contributed by atoms with Gasteiger partial charge in [-0.3, -0.25) is 9.59 Å². The van der Waals surface area contributed by atoms with Crippen molar-refractivity contribution in [3.63, 3.8) is 0 Å². The Labute approximate surface area is 103 Å². The SMILES string of the molecule is CC1=C(C)C(=O)N(c2ccc(C(=O)O)cn2)C1=O. The molecule has 0 unspecified atom stereocenters. The molecule has 1 aromatic rings. The molecule has 18 heavy (non-hydrogen) atoms. The lowest BCUT2D eigenvalue weighted by Crippen LogP contribution is -2.32. The van der Waals surface area contributed by atoms with Gasteiger partial charge in [0, 0.05) is 17.3 Å². The zero-order valence-corrected chi connectivity index (χ0v) is 9.80. The fourth-order valence-corrected chi connectivity index (χ4v) is 1.60. The highest BCUT2D eigenvalue weighted by Crippen LogP contribution is 2.24. The number of hydrogen-bond donors (Lipinski definition) is 1. The molecule has 0 saturated heterocycles. The minimum Gasteiger partial charge on any atom is -0.478 e. The Hall–Kier alpha value is -2.50. The molecule has 1 aliphatic heterocycles. The summed E-state index contributed by atoms with van der Waals surface area (Å²) in [6, 6.07) is 2.64. The number of carbonyl (C=O) groups excluding carboxylic acids is 2. The fraction of sp³-hybridized carbons (Fsp3) is 0.167. The van der Waals surface area contributed by atoms with Crippen LogP contribution in [0.3, 0.4) is 0 Å². The Morgan fingerprint density at radius 3 is 2.11 bits per heavy atom. The third-order valence-corrected chi connectivity index (χ3v) is 2.83. The second-order valence-electron chi connectivity index (χ2n) is 3.91. The summed E-state index contributed by atoms with van der Waals surface area (Å²) >= 11 is 0. The highest BCUT2D eigenvalue weighted by Gasteiger charge is 2.35. The first-order valence-corrected chi connectivity index (χ1v) is 5.19. The van der Waals surface area contributed by atoms with Crippen LogP contribution in [0, 0.1) is 0 Å². The van der Waals surface area contributed by atoms with Gasteiger partial charge in [0.25, 0.3) is 11.8 Å². The Balaban J connectivity index is 2.37. The topological polar surface area (TPSA) is 87.6 Å². The van der Waals surface area contributed by atoms with Gasteiger partial charge in [0.15, 0.2) is 0 Å². The predicted octanol–water partition coefficient (Wildman–Crippen LogP) is 0.989. The molecular weight excluding hydrogens is 236 g/mol. The standard InChI is InChI=1S/C12H10N2O4/c1-6-7(2)11(16)14(10(6)15)9-4-3-8(5-13-9)12(17)18/h3-5H,1-2H3,(H,17,18). The number of carbonyl (C=O) groups is 3. The Morgan fingerprint density at radius 2 is 1.72 bits per heavy atom. The van der Waals surface area contributed by atoms with Crippen LogP contribution in [0.5, 0.6) is 0 Å². The number of anilines is 1. The predicted molar refractivity (Wildman–Crippen MR) is 62.1 cm³/mol. The normalized spacial score (nSPS) is 15.6. The van der Waals surface area contributed by atoms with Crippen LogP contribution < -0.4 is 4.90 Å². The van der Waals surface area contributed by atoms with E-state index in [0.29, 0.717) is 11.1 Å². The number of carboxylic acids is 1. The van der Waals surface area contributed by atoms with E-state index < -0.39 is 17.8 Å². The number of hydrogen-bond acceptors (Lipinski definition) is 4. The summed E-state index contributed by atoms with van der Waals surface area (Å²) in [7, 11) is 0. The maximum Gasteiger partial charge on any atom is 0.337 e. The van der Waals surface area contributed by atoms with Gasteiger partial charge in [-0.05, 0) is 26.0 Å². The molecular formula is C12H10N2O4. The van der Waals surface area contributed by atoms with Gasteiger partial charge in [-0.15, -0.1) is 0 Å². The number of nitrogens with zero attached hydrogens (tertiary/aromatic N) is 2. The lowest BCUT2D eigenvalue weighted by Gasteiger charge is -2.13. The molecule has 0 radical (unpaired) electrons. The smallest absolute Gasteiger partial charge is 0.337 e. The van der Waals surface area contributed by atoms with Crippen LogP contribution in [0.2, 0.25) is 0 Å². The monoisotopic (exact) mass is 246 g/mol. The van der Waals surface area contributed by atoms with Gasteiger partial charge in [-0.2, -0.15) is 0 Å². The summed E-state index contributed by atoms with van der Waals surface area (Å²) < 4.78 is 0. The number of rotatable bonds is 2. The lowest BCUT2D eigenvalue weighted by molar-refractivity contribution is -0.120. The Bertz CT molecular complexity index is 563. The summed E-state index contributed by atoms with van der Waals surface area (Å²) in [5.74, 6) is -1.83. The quantitative estimate of drug-likeness (QED) is 0.786. The molecule has 0 aromatic carbocycles. The minimum absolute atomic E-state index is 0.000696. The first kappa shape index (κ1) is 12.0. The molecule has 2 rings (SSSR count). The zero-order valence-electron chi connectivity index (χ0n) is 9.80. The van der Waals surface area contributed by atoms with E-state index in [-0.39, 0.29) is 11.4 Å². The van der Waals surface area contributed by atoms with Crippen molar-refractivity contribution >= 4 is 23.6 Å². The van der Waals surface area contributed by atoms with Crippen LogP contribution in [0.1, 0.15) is 24.2 Å². The highest BCUT2D eigenvalue weighted by atomic mass is 16.4. The average Bonchev–Trinajstić information content (AvgIpc) is 2.54. The van der Waals surface area contributed by atoms with Crippen molar-refractivity contribution in [1.82, 2.24) is 4.98 Å². The van der Waals surface area contributed by atoms with Crippen LogP contribution in [0.25, 0.3) is 0 Å². The minimum atomic E-state index is -1.11. The van der Waals surface area contributed by atoms with E-state index in [0.717, 1.165) is 11.1 Å². The van der Waals surface area contributed by atoms with Gasteiger partial charge in [-0.25, -0.2) is 14.7 Å². The van der Waals surface area contributed by atoms with Gasteiger partial charge in [0.2, 0.25) is 0 Å². The van der Waals surface area contributed by atoms with Gasteiger partial charge >= 0.3 is 5.97 Å². The second-order valence-corrected chi connectivity index (χ2v) is 3.91. The Morgan fingerprint density at radius 1 is 1.17 bits per heavy atom. The van der Waals surface area contributed by atoms with Crippen molar-refractivity contribution in [1.29, 1.82) is 0 Å². The van der Waals surface area contributed by atoms with Crippen molar-refractivity contribution < 1.29 is 19.5 Å². The van der Waals surface area contributed by atoms with Gasteiger partial charge in [0.05, 0.1) is 5.56 Å². The first-order valence-electron chi connectivity index (χ1n) is 5.19. The van der Waals surface area contributed by atoms with Crippen LogP contribution in [-0.2, 0) is 9.59 Å². The van der Waals surface area contributed by atoms with E-state index in [1.54, 1.807) is 13.8 Å². The second kappa shape index (κ2) is 4.06. The number of imide groups is 1. The molecule has 2 heterocycles. The van der Waals surface area contributed by atoms with E-state index in [4.69, 9.17) is 5.11 Å². The van der Waals surface area contributed by atoms with Crippen molar-refractivity contribution in [2.24, 2.45) is 0 Å². The molecule has 0 saturated carbocycles. The summed E-state index contributed by atoms with van der Waals surface area (Å²) in [5.41, 5.74) is 0.757. The highest BCUT2D eigenvalue weighted by molar-refractivity contribution is 6.32. The molecule has 0 bridgehead atoms. The van der Waals surface area contributed by atoms with Gasteiger partial charge in [-0.1, -0.05) is 0 Å². The van der Waals surface area contributed by atoms with Gasteiger partial charge < -0.3 is 5.11 Å². The third-order valence-electron chi connectivity index (χ3n) is 2.83. The average molecular weight is 246 g/mol. The van der Waals surface area contributed by atoms with Crippen molar-refractivity contribution in [3.05, 3.63) is 35.0 Å².